The van der Waals surface area contributed by atoms with E-state index in [2.05, 4.69) is 11.4 Å². The predicted octanol–water partition coefficient (Wildman–Crippen LogP) is 2.81. The fourth-order valence-electron chi connectivity index (χ4n) is 2.17. The Kier molecular flexibility index (Phi) is 6.09. The zero-order valence-electron chi connectivity index (χ0n) is 13.4. The highest BCUT2D eigenvalue weighted by molar-refractivity contribution is 5.94. The van der Waals surface area contributed by atoms with Gasteiger partial charge in [-0.25, -0.2) is 0 Å². The number of benzene rings is 2. The zero-order valence-corrected chi connectivity index (χ0v) is 13.4. The Morgan fingerprint density at radius 1 is 1.12 bits per heavy atom. The van der Waals surface area contributed by atoms with Crippen molar-refractivity contribution in [1.82, 2.24) is 5.32 Å². The molecule has 2 aromatic rings. The first kappa shape index (κ1) is 17.2. The third-order valence-corrected chi connectivity index (χ3v) is 3.41. The van der Waals surface area contributed by atoms with E-state index in [4.69, 9.17) is 10.00 Å². The van der Waals surface area contributed by atoms with E-state index in [1.807, 2.05) is 6.07 Å². The number of hydrogen-bond acceptors (Lipinski definition) is 4. The van der Waals surface area contributed by atoms with Gasteiger partial charge in [-0.05, 0) is 25.1 Å². The van der Waals surface area contributed by atoms with Crippen molar-refractivity contribution >= 4 is 11.9 Å². The fourth-order valence-corrected chi connectivity index (χ4v) is 2.17. The molecule has 24 heavy (non-hydrogen) atoms. The summed E-state index contributed by atoms with van der Waals surface area (Å²) in [5, 5.41) is 11.8. The highest BCUT2D eigenvalue weighted by atomic mass is 16.5. The van der Waals surface area contributed by atoms with Gasteiger partial charge in [-0.3, -0.25) is 9.59 Å². The maximum Gasteiger partial charge on any atom is 0.308 e. The lowest BCUT2D eigenvalue weighted by atomic mass is 10.1. The van der Waals surface area contributed by atoms with Crippen LogP contribution in [0.3, 0.4) is 0 Å². The molecule has 122 valence electrons. The summed E-state index contributed by atoms with van der Waals surface area (Å²) in [5.41, 5.74) is 1.69. The van der Waals surface area contributed by atoms with Crippen LogP contribution in [-0.4, -0.2) is 17.9 Å². The lowest BCUT2D eigenvalue weighted by molar-refractivity contribution is -0.145. The largest absolute Gasteiger partial charge is 0.461 e. The number of nitrogens with zero attached hydrogens (tertiary/aromatic N) is 1. The Labute approximate surface area is 140 Å². The summed E-state index contributed by atoms with van der Waals surface area (Å²) in [6.45, 7) is 1.78. The molecule has 0 aromatic heterocycles. The van der Waals surface area contributed by atoms with Gasteiger partial charge in [0, 0.05) is 17.2 Å². The van der Waals surface area contributed by atoms with E-state index in [1.165, 1.54) is 0 Å². The van der Waals surface area contributed by atoms with Crippen molar-refractivity contribution in [2.24, 2.45) is 0 Å². The molecule has 0 saturated carbocycles. The van der Waals surface area contributed by atoms with Crippen LogP contribution in [-0.2, 0) is 16.1 Å². The van der Waals surface area contributed by atoms with Crippen LogP contribution in [0.15, 0.2) is 54.6 Å². The summed E-state index contributed by atoms with van der Waals surface area (Å²) in [6.07, 6.45) is 0.0628. The first-order chi connectivity index (χ1) is 11.6. The molecule has 0 aliphatic carbocycles. The summed E-state index contributed by atoms with van der Waals surface area (Å²) in [4.78, 5) is 23.9. The predicted molar refractivity (Wildman–Crippen MR) is 88.9 cm³/mol. The van der Waals surface area contributed by atoms with Gasteiger partial charge in [0.2, 0.25) is 0 Å². The molecule has 0 fully saturated rings. The topological polar surface area (TPSA) is 79.2 Å². The molecule has 0 heterocycles. The third kappa shape index (κ3) is 4.96. The molecule has 0 aliphatic rings. The lowest BCUT2D eigenvalue weighted by Crippen LogP contribution is -2.34. The van der Waals surface area contributed by atoms with Gasteiger partial charge in [0.25, 0.3) is 5.91 Å². The number of carbonyl (C=O) groups excluding carboxylic acids is 2. The normalized spacial score (nSPS) is 11.2. The molecule has 0 saturated heterocycles. The van der Waals surface area contributed by atoms with Crippen LogP contribution in [0.5, 0.6) is 0 Å². The van der Waals surface area contributed by atoms with Crippen LogP contribution >= 0.6 is 0 Å². The van der Waals surface area contributed by atoms with Gasteiger partial charge in [0.1, 0.15) is 6.61 Å². The van der Waals surface area contributed by atoms with Crippen molar-refractivity contribution < 1.29 is 14.3 Å². The van der Waals surface area contributed by atoms with Gasteiger partial charge in [-0.15, -0.1) is 0 Å². The Bertz CT molecular complexity index is 751. The maximum atomic E-state index is 12.0. The number of nitrogens with one attached hydrogen (secondary N) is 1. The van der Waals surface area contributed by atoms with Crippen LogP contribution in [0.1, 0.15) is 34.8 Å². The Balaban J connectivity index is 1.82. The van der Waals surface area contributed by atoms with Crippen molar-refractivity contribution in [3.63, 3.8) is 0 Å². The van der Waals surface area contributed by atoms with Gasteiger partial charge in [-0.2, -0.15) is 5.26 Å². The van der Waals surface area contributed by atoms with Crippen LogP contribution in [0.25, 0.3) is 0 Å². The average Bonchev–Trinajstić information content (AvgIpc) is 2.60. The lowest BCUT2D eigenvalue weighted by Gasteiger charge is -2.13. The maximum absolute atomic E-state index is 12.0. The zero-order chi connectivity index (χ0) is 17.4. The van der Waals surface area contributed by atoms with E-state index in [0.717, 1.165) is 0 Å². The molecule has 0 spiro atoms. The third-order valence-electron chi connectivity index (χ3n) is 3.41. The van der Waals surface area contributed by atoms with Crippen LogP contribution in [0.2, 0.25) is 0 Å². The Hall–Kier alpha value is -3.13. The van der Waals surface area contributed by atoms with E-state index in [-0.39, 0.29) is 25.0 Å². The molecule has 1 amide bonds. The fraction of sp³-hybridized carbons (Fsp3) is 0.211. The smallest absolute Gasteiger partial charge is 0.308 e. The van der Waals surface area contributed by atoms with E-state index < -0.39 is 5.97 Å². The van der Waals surface area contributed by atoms with E-state index in [1.54, 1.807) is 55.5 Å². The quantitative estimate of drug-likeness (QED) is 0.829. The summed E-state index contributed by atoms with van der Waals surface area (Å²) in [5.74, 6) is -0.658. The summed E-state index contributed by atoms with van der Waals surface area (Å²) >= 11 is 0. The first-order valence-corrected chi connectivity index (χ1v) is 7.59. The summed E-state index contributed by atoms with van der Waals surface area (Å²) < 4.78 is 5.19. The molecular formula is C19H18N2O3. The number of esters is 1. The van der Waals surface area contributed by atoms with Crippen molar-refractivity contribution in [3.05, 3.63) is 71.3 Å². The van der Waals surface area contributed by atoms with Gasteiger partial charge >= 0.3 is 5.97 Å². The molecule has 0 radical (unpaired) electrons. The van der Waals surface area contributed by atoms with Gasteiger partial charge in [-0.1, -0.05) is 36.4 Å². The first-order valence-electron chi connectivity index (χ1n) is 7.59. The monoisotopic (exact) mass is 322 g/mol. The molecule has 0 bridgehead atoms. The van der Waals surface area contributed by atoms with E-state index >= 15 is 0 Å². The van der Waals surface area contributed by atoms with Crippen molar-refractivity contribution in [1.29, 1.82) is 5.26 Å². The number of ether oxygens (including phenoxy) is 1. The van der Waals surface area contributed by atoms with Gasteiger partial charge in [0.05, 0.1) is 18.1 Å². The Morgan fingerprint density at radius 3 is 2.50 bits per heavy atom. The second-order valence-electron chi connectivity index (χ2n) is 5.37. The number of nitriles is 1. The number of hydrogen-bond donors (Lipinski definition) is 1. The molecule has 5 nitrogen and oxygen atoms in total. The minimum Gasteiger partial charge on any atom is -0.461 e. The highest BCUT2D eigenvalue weighted by Gasteiger charge is 2.14. The van der Waals surface area contributed by atoms with Gasteiger partial charge < -0.3 is 10.1 Å². The summed E-state index contributed by atoms with van der Waals surface area (Å²) in [7, 11) is 0. The van der Waals surface area contributed by atoms with Crippen LogP contribution < -0.4 is 5.32 Å². The molecule has 0 aliphatic heterocycles. The van der Waals surface area contributed by atoms with Crippen molar-refractivity contribution in [3.8, 4) is 6.07 Å². The molecule has 1 N–H and O–H groups in total. The van der Waals surface area contributed by atoms with Crippen molar-refractivity contribution in [2.45, 2.75) is 26.0 Å². The standard InChI is InChI=1S/C19H18N2O3/c1-14(21-19(23)15-7-3-2-4-8-15)11-18(22)24-13-17-10-6-5-9-16(17)12-20/h2-10,14H,11,13H2,1H3,(H,21,23). The van der Waals surface area contributed by atoms with E-state index in [9.17, 15) is 9.59 Å². The second kappa shape index (κ2) is 8.49. The minimum absolute atomic E-state index is 0.0436. The second-order valence-corrected chi connectivity index (χ2v) is 5.37. The average molecular weight is 322 g/mol. The minimum atomic E-state index is -0.427. The molecule has 2 aromatic carbocycles. The molecular weight excluding hydrogens is 304 g/mol. The summed E-state index contributed by atoms with van der Waals surface area (Å²) in [6, 6.07) is 17.5. The van der Waals surface area contributed by atoms with Gasteiger partial charge in [0.15, 0.2) is 0 Å². The van der Waals surface area contributed by atoms with E-state index in [0.29, 0.717) is 16.7 Å². The number of amides is 1. The molecule has 5 heteroatoms. The molecule has 1 unspecified atom stereocenters. The highest BCUT2D eigenvalue weighted by Crippen LogP contribution is 2.09. The SMILES string of the molecule is CC(CC(=O)OCc1ccccc1C#N)NC(=O)c1ccccc1. The molecule has 2 rings (SSSR count). The number of rotatable bonds is 6. The van der Waals surface area contributed by atoms with Crippen LogP contribution in [0.4, 0.5) is 0 Å². The number of carbonyl (C=O) groups is 2. The molecule has 1 atom stereocenters. The Morgan fingerprint density at radius 2 is 1.79 bits per heavy atom. The van der Waals surface area contributed by atoms with Crippen molar-refractivity contribution in [2.75, 3.05) is 0 Å². The van der Waals surface area contributed by atoms with Crippen LogP contribution in [0, 0.1) is 11.3 Å².